The third kappa shape index (κ3) is 2.98. The molecule has 2 heterocycles. The molecule has 158 valence electrons. The van der Waals surface area contributed by atoms with Crippen LogP contribution in [0.2, 0.25) is 0 Å². The van der Waals surface area contributed by atoms with E-state index in [4.69, 9.17) is 15.2 Å². The normalized spacial score (nSPS) is 21.1. The quantitative estimate of drug-likeness (QED) is 0.429. The van der Waals surface area contributed by atoms with Crippen LogP contribution in [0.15, 0.2) is 109 Å². The number of nitrogen functional groups attached to an aromatic ring is 1. The zero-order chi connectivity index (χ0) is 22.3. The molecule has 1 spiro atoms. The number of nitrogens with one attached hydrogen (secondary N) is 1. The van der Waals surface area contributed by atoms with Crippen LogP contribution >= 0.6 is 0 Å². The van der Waals surface area contributed by atoms with Crippen molar-refractivity contribution in [3.63, 3.8) is 0 Å². The number of hydrogen-bond donors (Lipinski definition) is 2. The van der Waals surface area contributed by atoms with Crippen LogP contribution in [0.3, 0.4) is 0 Å². The number of hydrogen-bond acceptors (Lipinski definition) is 5. The molecule has 0 saturated carbocycles. The first kappa shape index (κ1) is 19.7. The van der Waals surface area contributed by atoms with E-state index < -0.39 is 5.60 Å². The van der Waals surface area contributed by atoms with Crippen LogP contribution in [0.1, 0.15) is 28.4 Å². The maximum Gasteiger partial charge on any atom is 0.340 e. The first-order chi connectivity index (χ1) is 15.5. The number of nitrogens with two attached hydrogens (primary N) is 1. The summed E-state index contributed by atoms with van der Waals surface area (Å²) in [6.07, 6.45) is 3.72. The molecule has 0 radical (unpaired) electrons. The van der Waals surface area contributed by atoms with Crippen molar-refractivity contribution in [3.05, 3.63) is 125 Å². The van der Waals surface area contributed by atoms with Gasteiger partial charge in [0.15, 0.2) is 5.60 Å². The monoisotopic (exact) mass is 422 g/mol. The van der Waals surface area contributed by atoms with Gasteiger partial charge < -0.3 is 20.5 Å². The number of rotatable bonds is 3. The molecule has 2 aliphatic heterocycles. The van der Waals surface area contributed by atoms with E-state index in [0.717, 1.165) is 16.8 Å². The van der Waals surface area contributed by atoms with Crippen molar-refractivity contribution >= 4 is 17.3 Å². The molecule has 0 aromatic heterocycles. The van der Waals surface area contributed by atoms with Gasteiger partial charge in [0.2, 0.25) is 0 Å². The van der Waals surface area contributed by atoms with E-state index >= 15 is 0 Å². The Labute approximate surface area is 186 Å². The lowest BCUT2D eigenvalue weighted by Gasteiger charge is -2.38. The Bertz CT molecular complexity index is 1310. The second-order valence-electron chi connectivity index (χ2n) is 7.70. The molecule has 1 unspecified atom stereocenters. The van der Waals surface area contributed by atoms with Crippen molar-refractivity contribution in [1.29, 1.82) is 0 Å². The Morgan fingerprint density at radius 1 is 1.03 bits per heavy atom. The van der Waals surface area contributed by atoms with Crippen molar-refractivity contribution < 1.29 is 14.3 Å². The second kappa shape index (κ2) is 7.46. The van der Waals surface area contributed by atoms with E-state index in [2.05, 4.69) is 11.9 Å². The minimum absolute atomic E-state index is 0.381. The summed E-state index contributed by atoms with van der Waals surface area (Å²) in [5.74, 6) is 0.748. The largest absolute Gasteiger partial charge is 0.457 e. The molecule has 32 heavy (non-hydrogen) atoms. The van der Waals surface area contributed by atoms with E-state index in [1.54, 1.807) is 18.2 Å². The summed E-state index contributed by atoms with van der Waals surface area (Å²) in [7, 11) is 0. The first-order valence-electron chi connectivity index (χ1n) is 10.3. The predicted molar refractivity (Wildman–Crippen MR) is 125 cm³/mol. The van der Waals surface area contributed by atoms with E-state index in [9.17, 15) is 4.79 Å². The number of carbonyl (C=O) groups excluding carboxylic acids is 1. The van der Waals surface area contributed by atoms with Crippen LogP contribution in [0, 0.1) is 0 Å². The van der Waals surface area contributed by atoms with Gasteiger partial charge in [-0.2, -0.15) is 0 Å². The van der Waals surface area contributed by atoms with Crippen LogP contribution in [-0.2, 0) is 10.3 Å². The molecule has 5 nitrogen and oxygen atoms in total. The first-order valence-corrected chi connectivity index (χ1v) is 10.3. The number of ether oxygens (including phenoxy) is 2. The average molecular weight is 422 g/mol. The van der Waals surface area contributed by atoms with Gasteiger partial charge in [-0.25, -0.2) is 4.79 Å². The average Bonchev–Trinajstić information content (AvgIpc) is 3.09. The molecule has 2 aliphatic rings. The maximum absolute atomic E-state index is 13.0. The van der Waals surface area contributed by atoms with E-state index in [1.807, 2.05) is 73.7 Å². The Balaban J connectivity index is 1.74. The molecule has 1 atom stereocenters. The van der Waals surface area contributed by atoms with Crippen molar-refractivity contribution in [2.75, 3.05) is 11.1 Å². The maximum atomic E-state index is 13.0. The number of esters is 1. The van der Waals surface area contributed by atoms with Crippen LogP contribution in [0.5, 0.6) is 5.75 Å². The van der Waals surface area contributed by atoms with Gasteiger partial charge in [-0.3, -0.25) is 0 Å². The SMILES string of the molecule is C=C(C=C1/C(=C\C)Oc2cc(N)ccc2C12OC(=O)c1ccccc12)Nc1ccccc1. The zero-order valence-corrected chi connectivity index (χ0v) is 17.6. The van der Waals surface area contributed by atoms with Crippen LogP contribution in [0.25, 0.3) is 0 Å². The topological polar surface area (TPSA) is 73.6 Å². The zero-order valence-electron chi connectivity index (χ0n) is 17.6. The standard InChI is InChI=1S/C27H22N2O3/c1-3-24-23(15-17(2)29-19-9-5-4-6-10-19)27(22-14-13-18(28)16-25(22)31-24)21-12-8-7-11-20(21)26(30)32-27/h3-16,29H,2,28H2,1H3/b23-15?,24-3+. The fourth-order valence-corrected chi connectivity index (χ4v) is 4.33. The molecule has 0 aliphatic carbocycles. The molecule has 5 rings (SSSR count). The highest BCUT2D eigenvalue weighted by atomic mass is 16.6. The number of para-hydroxylation sites is 1. The van der Waals surface area contributed by atoms with E-state index in [0.29, 0.717) is 34.0 Å². The highest BCUT2D eigenvalue weighted by Gasteiger charge is 2.54. The summed E-state index contributed by atoms with van der Waals surface area (Å²) in [6, 6.07) is 22.6. The number of fused-ring (bicyclic) bond motifs is 4. The molecule has 3 aromatic carbocycles. The van der Waals surface area contributed by atoms with Gasteiger partial charge >= 0.3 is 5.97 Å². The number of carbonyl (C=O) groups is 1. The number of allylic oxidation sites excluding steroid dienone is 2. The summed E-state index contributed by atoms with van der Waals surface area (Å²) in [5.41, 5.74) is 9.65. The molecule has 0 saturated heterocycles. The fourth-order valence-electron chi connectivity index (χ4n) is 4.33. The van der Waals surface area contributed by atoms with Gasteiger partial charge in [0, 0.05) is 39.8 Å². The van der Waals surface area contributed by atoms with Gasteiger partial charge in [-0.05, 0) is 49.4 Å². The lowest BCUT2D eigenvalue weighted by Crippen LogP contribution is -2.36. The summed E-state index contributed by atoms with van der Waals surface area (Å²) in [4.78, 5) is 13.0. The molecular weight excluding hydrogens is 400 g/mol. The van der Waals surface area contributed by atoms with Crippen molar-refractivity contribution in [3.8, 4) is 5.75 Å². The van der Waals surface area contributed by atoms with E-state index in [1.165, 1.54) is 0 Å². The minimum atomic E-state index is -1.17. The van der Waals surface area contributed by atoms with Gasteiger partial charge in [-0.1, -0.05) is 43.0 Å². The molecule has 5 heteroatoms. The summed E-state index contributed by atoms with van der Waals surface area (Å²) in [5, 5.41) is 3.29. The van der Waals surface area contributed by atoms with E-state index in [-0.39, 0.29) is 5.97 Å². The Morgan fingerprint density at radius 2 is 1.78 bits per heavy atom. The second-order valence-corrected chi connectivity index (χ2v) is 7.70. The van der Waals surface area contributed by atoms with Gasteiger partial charge in [0.25, 0.3) is 0 Å². The van der Waals surface area contributed by atoms with Crippen molar-refractivity contribution in [1.82, 2.24) is 0 Å². The van der Waals surface area contributed by atoms with Gasteiger partial charge in [0.05, 0.1) is 5.56 Å². The van der Waals surface area contributed by atoms with Crippen LogP contribution in [0.4, 0.5) is 11.4 Å². The highest BCUT2D eigenvalue weighted by Crippen LogP contribution is 2.55. The lowest BCUT2D eigenvalue weighted by atomic mass is 9.76. The molecule has 3 aromatic rings. The fraction of sp³-hybridized carbons (Fsp3) is 0.0741. The summed E-state index contributed by atoms with van der Waals surface area (Å²) in [6.45, 7) is 6.06. The van der Waals surface area contributed by atoms with Crippen molar-refractivity contribution in [2.45, 2.75) is 12.5 Å². The third-order valence-corrected chi connectivity index (χ3v) is 5.68. The molecule has 3 N–H and O–H groups in total. The summed E-state index contributed by atoms with van der Waals surface area (Å²) < 4.78 is 12.4. The van der Waals surface area contributed by atoms with Gasteiger partial charge in [0.1, 0.15) is 11.5 Å². The highest BCUT2D eigenvalue weighted by molar-refractivity contribution is 5.97. The number of benzene rings is 3. The summed E-state index contributed by atoms with van der Waals surface area (Å²) >= 11 is 0. The predicted octanol–water partition coefficient (Wildman–Crippen LogP) is 5.53. The Kier molecular flexibility index (Phi) is 4.59. The Hall–Kier alpha value is -4.25. The van der Waals surface area contributed by atoms with Gasteiger partial charge in [-0.15, -0.1) is 0 Å². The number of anilines is 2. The molecule has 0 bridgehead atoms. The van der Waals surface area contributed by atoms with Crippen molar-refractivity contribution in [2.24, 2.45) is 0 Å². The minimum Gasteiger partial charge on any atom is -0.457 e. The smallest absolute Gasteiger partial charge is 0.340 e. The molecular formula is C27H22N2O3. The lowest BCUT2D eigenvalue weighted by molar-refractivity contribution is 0.0202. The molecule has 0 fully saturated rings. The van der Waals surface area contributed by atoms with Crippen LogP contribution in [-0.4, -0.2) is 5.97 Å². The van der Waals surface area contributed by atoms with Crippen LogP contribution < -0.4 is 15.8 Å². The third-order valence-electron chi connectivity index (χ3n) is 5.68. The Morgan fingerprint density at radius 3 is 2.56 bits per heavy atom. The molecule has 0 amide bonds.